The van der Waals surface area contributed by atoms with Gasteiger partial charge in [-0.25, -0.2) is 4.79 Å². The predicted octanol–water partition coefficient (Wildman–Crippen LogP) is 4.01. The van der Waals surface area contributed by atoms with Gasteiger partial charge in [-0.15, -0.1) is 0 Å². The number of nitrogens with one attached hydrogen (secondary N) is 2. The van der Waals surface area contributed by atoms with Crippen LogP contribution < -0.4 is 15.4 Å². The highest BCUT2D eigenvalue weighted by atomic mass is 35.5. The molecule has 2 aromatic carbocycles. The van der Waals surface area contributed by atoms with Gasteiger partial charge in [-0.1, -0.05) is 23.7 Å². The molecule has 0 heterocycles. The van der Waals surface area contributed by atoms with Crippen molar-refractivity contribution in [2.75, 3.05) is 19.0 Å². The van der Waals surface area contributed by atoms with Crippen LogP contribution in [0.4, 0.5) is 5.69 Å². The lowest BCUT2D eigenvalue weighted by Crippen LogP contribution is -2.27. The van der Waals surface area contributed by atoms with E-state index in [1.54, 1.807) is 32.2 Å². The summed E-state index contributed by atoms with van der Waals surface area (Å²) in [5, 5.41) is 6.89. The average Bonchev–Trinajstić information content (AvgIpc) is 2.60. The number of thiocarbonyl (C=S) groups is 1. The molecule has 0 bridgehead atoms. The minimum absolute atomic E-state index is 0.299. The molecule has 0 saturated carbocycles. The molecule has 0 aliphatic rings. The molecule has 0 spiro atoms. The van der Waals surface area contributed by atoms with Crippen LogP contribution in [0.3, 0.4) is 0 Å². The molecule has 2 aromatic rings. The van der Waals surface area contributed by atoms with Gasteiger partial charge >= 0.3 is 5.97 Å². The molecular weight excluding hydrogens is 360 g/mol. The number of hydrogen-bond acceptors (Lipinski definition) is 4. The topological polar surface area (TPSA) is 59.6 Å². The molecule has 0 fully saturated rings. The molecule has 0 aromatic heterocycles. The Labute approximate surface area is 157 Å². The Morgan fingerprint density at radius 2 is 2.04 bits per heavy atom. The summed E-state index contributed by atoms with van der Waals surface area (Å²) in [5.41, 5.74) is 2.05. The number of hydrogen-bond donors (Lipinski definition) is 2. The van der Waals surface area contributed by atoms with E-state index >= 15 is 0 Å². The largest absolute Gasteiger partial charge is 0.497 e. The van der Waals surface area contributed by atoms with E-state index in [1.807, 2.05) is 24.3 Å². The summed E-state index contributed by atoms with van der Waals surface area (Å²) < 4.78 is 10.1. The van der Waals surface area contributed by atoms with E-state index in [2.05, 4.69) is 10.6 Å². The number of benzene rings is 2. The van der Waals surface area contributed by atoms with E-state index in [0.717, 1.165) is 11.3 Å². The van der Waals surface area contributed by atoms with Crippen molar-refractivity contribution < 1.29 is 14.3 Å². The van der Waals surface area contributed by atoms with Gasteiger partial charge in [0.05, 0.1) is 24.3 Å². The van der Waals surface area contributed by atoms with Crippen molar-refractivity contribution in [3.8, 4) is 5.75 Å². The highest BCUT2D eigenvalue weighted by Gasteiger charge is 2.12. The Balaban J connectivity index is 1.94. The van der Waals surface area contributed by atoms with Crippen molar-refractivity contribution in [3.05, 3.63) is 58.6 Å². The molecule has 132 valence electrons. The number of halogens is 1. The predicted molar refractivity (Wildman–Crippen MR) is 103 cm³/mol. The van der Waals surface area contributed by atoms with Crippen molar-refractivity contribution in [1.82, 2.24) is 5.32 Å². The molecule has 2 rings (SSSR count). The lowest BCUT2D eigenvalue weighted by Gasteiger charge is -2.12. The number of carbonyl (C=O) groups is 1. The summed E-state index contributed by atoms with van der Waals surface area (Å²) in [6.45, 7) is 2.60. The van der Waals surface area contributed by atoms with Crippen molar-refractivity contribution in [2.45, 2.75) is 13.5 Å². The van der Waals surface area contributed by atoms with E-state index in [9.17, 15) is 4.79 Å². The first-order valence-corrected chi connectivity index (χ1v) is 8.46. The molecular formula is C18H19ClN2O3S. The Morgan fingerprint density at radius 3 is 2.72 bits per heavy atom. The molecule has 0 atom stereocenters. The van der Waals surface area contributed by atoms with Crippen molar-refractivity contribution in [2.24, 2.45) is 0 Å². The molecule has 0 amide bonds. The lowest BCUT2D eigenvalue weighted by atomic mass is 10.2. The van der Waals surface area contributed by atoms with E-state index in [0.29, 0.717) is 34.5 Å². The molecule has 0 radical (unpaired) electrons. The van der Waals surface area contributed by atoms with E-state index in [-0.39, 0.29) is 0 Å². The fourth-order valence-electron chi connectivity index (χ4n) is 2.11. The number of methoxy groups -OCH3 is 1. The third kappa shape index (κ3) is 5.62. The quantitative estimate of drug-likeness (QED) is 0.585. The Bertz CT molecular complexity index is 768. The van der Waals surface area contributed by atoms with Crippen LogP contribution in [0, 0.1) is 0 Å². The SMILES string of the molecule is CCOC(=O)c1ccc(NC(=S)NCc2cccc(OC)c2)cc1Cl. The number of rotatable bonds is 6. The standard InChI is InChI=1S/C18H19ClN2O3S/c1-3-24-17(22)15-8-7-13(10-16(15)19)21-18(25)20-11-12-5-4-6-14(9-12)23-2/h4-10H,3,11H2,1-2H3,(H2,20,21,25). The third-order valence-corrected chi connectivity index (χ3v) is 3.87. The average molecular weight is 379 g/mol. The van der Waals surface area contributed by atoms with Crippen LogP contribution in [-0.4, -0.2) is 24.8 Å². The number of anilines is 1. The van der Waals surface area contributed by atoms with Gasteiger partial charge in [0.2, 0.25) is 0 Å². The van der Waals surface area contributed by atoms with E-state index in [1.165, 1.54) is 0 Å². The highest BCUT2D eigenvalue weighted by molar-refractivity contribution is 7.80. The maximum Gasteiger partial charge on any atom is 0.339 e. The van der Waals surface area contributed by atoms with Crippen LogP contribution in [0.5, 0.6) is 5.75 Å². The zero-order valence-corrected chi connectivity index (χ0v) is 15.5. The van der Waals surface area contributed by atoms with Gasteiger partial charge in [-0.05, 0) is 55.0 Å². The Kier molecular flexibility index (Phi) is 7.03. The van der Waals surface area contributed by atoms with Crippen LogP contribution in [0.25, 0.3) is 0 Å². The van der Waals surface area contributed by atoms with Crippen LogP contribution in [-0.2, 0) is 11.3 Å². The van der Waals surface area contributed by atoms with Crippen LogP contribution in [0.15, 0.2) is 42.5 Å². The maximum absolute atomic E-state index is 11.7. The fraction of sp³-hybridized carbons (Fsp3) is 0.222. The summed E-state index contributed by atoms with van der Waals surface area (Å²) in [6, 6.07) is 12.7. The summed E-state index contributed by atoms with van der Waals surface area (Å²) in [5.74, 6) is 0.345. The van der Waals surface area contributed by atoms with E-state index < -0.39 is 5.97 Å². The molecule has 0 aliphatic heterocycles. The summed E-state index contributed by atoms with van der Waals surface area (Å²) in [7, 11) is 1.63. The summed E-state index contributed by atoms with van der Waals surface area (Å²) in [6.07, 6.45) is 0. The normalized spacial score (nSPS) is 10.0. The van der Waals surface area contributed by atoms with E-state index in [4.69, 9.17) is 33.3 Å². The van der Waals surface area contributed by atoms with Crippen LogP contribution in [0.2, 0.25) is 5.02 Å². The molecule has 0 saturated heterocycles. The first-order chi connectivity index (χ1) is 12.0. The first-order valence-electron chi connectivity index (χ1n) is 7.68. The van der Waals surface area contributed by atoms with Gasteiger partial charge < -0.3 is 20.1 Å². The van der Waals surface area contributed by atoms with Gasteiger partial charge in [-0.2, -0.15) is 0 Å². The lowest BCUT2D eigenvalue weighted by molar-refractivity contribution is 0.0526. The second kappa shape index (κ2) is 9.25. The van der Waals surface area contributed by atoms with Crippen LogP contribution >= 0.6 is 23.8 Å². The third-order valence-electron chi connectivity index (χ3n) is 3.31. The molecule has 0 unspecified atom stereocenters. The van der Waals surface area contributed by atoms with Crippen molar-refractivity contribution >= 4 is 40.6 Å². The molecule has 2 N–H and O–H groups in total. The number of ether oxygens (including phenoxy) is 2. The van der Waals surface area contributed by atoms with Gasteiger partial charge in [0.15, 0.2) is 5.11 Å². The summed E-state index contributed by atoms with van der Waals surface area (Å²) in [4.78, 5) is 11.7. The molecule has 7 heteroatoms. The smallest absolute Gasteiger partial charge is 0.339 e. The zero-order chi connectivity index (χ0) is 18.2. The highest BCUT2D eigenvalue weighted by Crippen LogP contribution is 2.22. The molecule has 0 aliphatic carbocycles. The number of esters is 1. The Morgan fingerprint density at radius 1 is 1.24 bits per heavy atom. The van der Waals surface area contributed by atoms with Crippen LogP contribution in [0.1, 0.15) is 22.8 Å². The minimum Gasteiger partial charge on any atom is -0.497 e. The zero-order valence-electron chi connectivity index (χ0n) is 14.0. The number of carbonyl (C=O) groups excluding carboxylic acids is 1. The molecule has 25 heavy (non-hydrogen) atoms. The first kappa shape index (κ1) is 19.0. The minimum atomic E-state index is -0.447. The second-order valence-electron chi connectivity index (χ2n) is 5.07. The van der Waals surface area contributed by atoms with Crippen molar-refractivity contribution in [3.63, 3.8) is 0 Å². The van der Waals surface area contributed by atoms with Gasteiger partial charge in [0, 0.05) is 12.2 Å². The monoisotopic (exact) mass is 378 g/mol. The maximum atomic E-state index is 11.7. The van der Waals surface area contributed by atoms with Gasteiger partial charge in [0.1, 0.15) is 5.75 Å². The van der Waals surface area contributed by atoms with Gasteiger partial charge in [-0.3, -0.25) is 0 Å². The Hall–Kier alpha value is -2.31. The summed E-state index contributed by atoms with van der Waals surface area (Å²) >= 11 is 11.4. The fourth-order valence-corrected chi connectivity index (χ4v) is 2.56. The van der Waals surface area contributed by atoms with Gasteiger partial charge in [0.25, 0.3) is 0 Å². The van der Waals surface area contributed by atoms with Crippen molar-refractivity contribution in [1.29, 1.82) is 0 Å². The second-order valence-corrected chi connectivity index (χ2v) is 5.89. The molecule has 5 nitrogen and oxygen atoms in total.